The summed E-state index contributed by atoms with van der Waals surface area (Å²) in [5, 5.41) is 5.39. The van der Waals surface area contributed by atoms with E-state index in [0.29, 0.717) is 6.42 Å². The van der Waals surface area contributed by atoms with Crippen LogP contribution in [0, 0.1) is 0 Å². The third kappa shape index (κ3) is 3.82. The highest BCUT2D eigenvalue weighted by Crippen LogP contribution is 2.18. The van der Waals surface area contributed by atoms with E-state index in [1.165, 1.54) is 37.7 Å². The lowest BCUT2D eigenvalue weighted by atomic mass is 10.1. The van der Waals surface area contributed by atoms with Crippen molar-refractivity contribution >= 4 is 22.4 Å². The minimum absolute atomic E-state index is 0.128. The summed E-state index contributed by atoms with van der Waals surface area (Å²) < 4.78 is 0. The Morgan fingerprint density at radius 3 is 2.57 bits per heavy atom. The zero-order valence-corrected chi connectivity index (χ0v) is 12.4. The zero-order chi connectivity index (χ0) is 14.5. The molecule has 1 aliphatic heterocycles. The van der Waals surface area contributed by atoms with E-state index < -0.39 is 0 Å². The molecule has 1 fully saturated rings. The number of nitrogens with one attached hydrogen (secondary N) is 2. The second-order valence-electron chi connectivity index (χ2n) is 5.92. The Labute approximate surface area is 125 Å². The van der Waals surface area contributed by atoms with E-state index in [1.807, 2.05) is 24.3 Å². The molecule has 3 heteroatoms. The number of amides is 1. The summed E-state index contributed by atoms with van der Waals surface area (Å²) in [6.45, 7) is 3.41. The van der Waals surface area contributed by atoms with Crippen molar-refractivity contribution in [2.75, 3.05) is 25.0 Å². The molecule has 2 aromatic rings. The Morgan fingerprint density at radius 2 is 1.76 bits per heavy atom. The summed E-state index contributed by atoms with van der Waals surface area (Å²) in [6, 6.07) is 14.3. The molecule has 3 rings (SSSR count). The molecule has 3 nitrogen and oxygen atoms in total. The Hall–Kier alpha value is -1.87. The first-order valence-electron chi connectivity index (χ1n) is 7.93. The fraction of sp³-hybridized carbons (Fsp3) is 0.389. The number of benzene rings is 2. The van der Waals surface area contributed by atoms with Crippen LogP contribution in [0.5, 0.6) is 0 Å². The van der Waals surface area contributed by atoms with Gasteiger partial charge in [0.25, 0.3) is 0 Å². The SMILES string of the molecule is O=C(CC[NH+]1CCCCC1)Nc1ccc2ccccc2c1. The summed E-state index contributed by atoms with van der Waals surface area (Å²) in [4.78, 5) is 13.6. The molecular weight excluding hydrogens is 260 g/mol. The highest BCUT2D eigenvalue weighted by molar-refractivity contribution is 5.94. The molecule has 1 amide bonds. The Balaban J connectivity index is 1.55. The number of hydrogen-bond donors (Lipinski definition) is 2. The van der Waals surface area contributed by atoms with Gasteiger partial charge in [0.05, 0.1) is 26.1 Å². The average molecular weight is 283 g/mol. The van der Waals surface area contributed by atoms with Gasteiger partial charge in [0, 0.05) is 5.69 Å². The first-order valence-corrected chi connectivity index (χ1v) is 7.93. The van der Waals surface area contributed by atoms with Crippen LogP contribution in [-0.2, 0) is 4.79 Å². The largest absolute Gasteiger partial charge is 0.335 e. The van der Waals surface area contributed by atoms with Crippen LogP contribution in [0.15, 0.2) is 42.5 Å². The molecule has 0 unspecified atom stereocenters. The lowest BCUT2D eigenvalue weighted by Crippen LogP contribution is -3.12. The van der Waals surface area contributed by atoms with Crippen molar-refractivity contribution < 1.29 is 9.69 Å². The molecule has 0 aliphatic carbocycles. The van der Waals surface area contributed by atoms with E-state index in [9.17, 15) is 4.79 Å². The number of carbonyl (C=O) groups excluding carboxylic acids is 1. The molecular formula is C18H23N2O+. The number of rotatable bonds is 4. The van der Waals surface area contributed by atoms with Crippen molar-refractivity contribution in [2.45, 2.75) is 25.7 Å². The fourth-order valence-corrected chi connectivity index (χ4v) is 3.08. The van der Waals surface area contributed by atoms with Gasteiger partial charge < -0.3 is 10.2 Å². The van der Waals surface area contributed by atoms with E-state index >= 15 is 0 Å². The van der Waals surface area contributed by atoms with E-state index in [4.69, 9.17) is 0 Å². The van der Waals surface area contributed by atoms with Gasteiger partial charge >= 0.3 is 0 Å². The third-order valence-electron chi connectivity index (χ3n) is 4.30. The summed E-state index contributed by atoms with van der Waals surface area (Å²) in [5.74, 6) is 0.128. The molecule has 0 bridgehead atoms. The van der Waals surface area contributed by atoms with Gasteiger partial charge in [0.2, 0.25) is 5.91 Å². The second kappa shape index (κ2) is 6.72. The van der Waals surface area contributed by atoms with Gasteiger partial charge in [-0.1, -0.05) is 30.3 Å². The van der Waals surface area contributed by atoms with Gasteiger partial charge in [-0.05, 0) is 42.2 Å². The molecule has 2 aromatic carbocycles. The first kappa shape index (κ1) is 14.1. The van der Waals surface area contributed by atoms with Crippen LogP contribution in [0.4, 0.5) is 5.69 Å². The van der Waals surface area contributed by atoms with Gasteiger partial charge in [-0.15, -0.1) is 0 Å². The normalized spacial score (nSPS) is 16.0. The maximum atomic E-state index is 12.1. The molecule has 0 aromatic heterocycles. The van der Waals surface area contributed by atoms with Crippen molar-refractivity contribution in [1.29, 1.82) is 0 Å². The molecule has 0 spiro atoms. The number of quaternary nitrogens is 1. The number of likely N-dealkylation sites (tertiary alicyclic amines) is 1. The lowest BCUT2D eigenvalue weighted by molar-refractivity contribution is -0.904. The Bertz CT molecular complexity index is 617. The van der Waals surface area contributed by atoms with Gasteiger partial charge in [0.15, 0.2) is 0 Å². The minimum Gasteiger partial charge on any atom is -0.335 e. The summed E-state index contributed by atoms with van der Waals surface area (Å²) in [6.07, 6.45) is 4.58. The van der Waals surface area contributed by atoms with Gasteiger partial charge in [0.1, 0.15) is 0 Å². The topological polar surface area (TPSA) is 33.5 Å². The molecule has 0 radical (unpaired) electrons. The molecule has 0 atom stereocenters. The van der Waals surface area contributed by atoms with E-state index in [-0.39, 0.29) is 5.91 Å². The Morgan fingerprint density at radius 1 is 1.00 bits per heavy atom. The smallest absolute Gasteiger partial charge is 0.230 e. The first-order chi connectivity index (χ1) is 10.3. The van der Waals surface area contributed by atoms with E-state index in [1.54, 1.807) is 4.90 Å². The summed E-state index contributed by atoms with van der Waals surface area (Å²) >= 11 is 0. The van der Waals surface area contributed by atoms with Crippen molar-refractivity contribution in [3.8, 4) is 0 Å². The molecule has 1 aliphatic rings. The summed E-state index contributed by atoms with van der Waals surface area (Å²) in [5.41, 5.74) is 0.896. The maximum Gasteiger partial charge on any atom is 0.230 e. The standard InChI is InChI=1S/C18H22N2O/c21-18(10-13-20-11-4-1-5-12-20)19-17-9-8-15-6-2-3-7-16(15)14-17/h2-3,6-9,14H,1,4-5,10-13H2,(H,19,21)/p+1. The summed E-state index contributed by atoms with van der Waals surface area (Å²) in [7, 11) is 0. The van der Waals surface area contributed by atoms with Crippen molar-refractivity contribution in [2.24, 2.45) is 0 Å². The van der Waals surface area contributed by atoms with E-state index in [0.717, 1.165) is 17.6 Å². The van der Waals surface area contributed by atoms with Crippen molar-refractivity contribution in [3.05, 3.63) is 42.5 Å². The van der Waals surface area contributed by atoms with Gasteiger partial charge in [-0.2, -0.15) is 0 Å². The monoisotopic (exact) mass is 283 g/mol. The predicted molar refractivity (Wildman–Crippen MR) is 86.6 cm³/mol. The number of piperidine rings is 1. The number of fused-ring (bicyclic) bond motifs is 1. The van der Waals surface area contributed by atoms with Crippen LogP contribution < -0.4 is 10.2 Å². The number of carbonyl (C=O) groups is 1. The number of hydrogen-bond acceptors (Lipinski definition) is 1. The molecule has 110 valence electrons. The molecule has 2 N–H and O–H groups in total. The van der Waals surface area contributed by atoms with Crippen LogP contribution in [-0.4, -0.2) is 25.5 Å². The van der Waals surface area contributed by atoms with Crippen molar-refractivity contribution in [1.82, 2.24) is 0 Å². The number of anilines is 1. The molecule has 1 heterocycles. The molecule has 0 saturated carbocycles. The van der Waals surface area contributed by atoms with Gasteiger partial charge in [-0.3, -0.25) is 4.79 Å². The van der Waals surface area contributed by atoms with Gasteiger partial charge in [-0.25, -0.2) is 0 Å². The highest BCUT2D eigenvalue weighted by Gasteiger charge is 2.14. The fourth-order valence-electron chi connectivity index (χ4n) is 3.08. The molecule has 1 saturated heterocycles. The van der Waals surface area contributed by atoms with Crippen molar-refractivity contribution in [3.63, 3.8) is 0 Å². The lowest BCUT2D eigenvalue weighted by Gasteiger charge is -2.23. The van der Waals surface area contributed by atoms with E-state index in [2.05, 4.69) is 23.5 Å². The molecule has 21 heavy (non-hydrogen) atoms. The van der Waals surface area contributed by atoms with Crippen LogP contribution in [0.3, 0.4) is 0 Å². The van der Waals surface area contributed by atoms with Crippen LogP contribution >= 0.6 is 0 Å². The quantitative estimate of drug-likeness (QED) is 0.886. The highest BCUT2D eigenvalue weighted by atomic mass is 16.1. The second-order valence-corrected chi connectivity index (χ2v) is 5.92. The van der Waals surface area contributed by atoms with Crippen LogP contribution in [0.2, 0.25) is 0 Å². The third-order valence-corrected chi connectivity index (χ3v) is 4.30. The maximum absolute atomic E-state index is 12.1. The van der Waals surface area contributed by atoms with Crippen LogP contribution in [0.1, 0.15) is 25.7 Å². The van der Waals surface area contributed by atoms with Crippen LogP contribution in [0.25, 0.3) is 10.8 Å². The average Bonchev–Trinajstić information content (AvgIpc) is 2.54. The Kier molecular flexibility index (Phi) is 4.51. The predicted octanol–water partition coefficient (Wildman–Crippen LogP) is 2.24. The zero-order valence-electron chi connectivity index (χ0n) is 12.4. The minimum atomic E-state index is 0.128.